The van der Waals surface area contributed by atoms with Crippen LogP contribution in [0.5, 0.6) is 0 Å². The smallest absolute Gasteiger partial charge is 0.138 e. The van der Waals surface area contributed by atoms with E-state index in [1.165, 1.54) is 18.5 Å². The van der Waals surface area contributed by atoms with E-state index < -0.39 is 0 Å². The molecule has 28 heavy (non-hydrogen) atoms. The number of aromatic nitrogens is 6. The van der Waals surface area contributed by atoms with Crippen molar-refractivity contribution in [2.24, 2.45) is 0 Å². The Morgan fingerprint density at radius 2 is 2.00 bits per heavy atom. The van der Waals surface area contributed by atoms with Gasteiger partial charge in [0.2, 0.25) is 0 Å². The maximum atomic E-state index is 4.92. The first-order chi connectivity index (χ1) is 13.8. The molecule has 1 N–H and O–H groups in total. The second kappa shape index (κ2) is 5.97. The van der Waals surface area contributed by atoms with E-state index in [0.717, 1.165) is 54.2 Å². The first-order valence-electron chi connectivity index (χ1n) is 9.79. The molecule has 1 spiro atoms. The number of fused-ring (bicyclic) bond motifs is 3. The molecule has 1 saturated heterocycles. The Morgan fingerprint density at radius 3 is 2.93 bits per heavy atom. The molecule has 5 heterocycles. The lowest BCUT2D eigenvalue weighted by atomic mass is 9.82. The zero-order chi connectivity index (χ0) is 18.6. The molecule has 0 saturated carbocycles. The summed E-state index contributed by atoms with van der Waals surface area (Å²) in [5.41, 5.74) is 4.72. The minimum atomic E-state index is 0.204. The molecule has 0 aliphatic carbocycles. The van der Waals surface area contributed by atoms with Crippen LogP contribution in [0.1, 0.15) is 24.4 Å². The van der Waals surface area contributed by atoms with E-state index in [1.54, 1.807) is 6.33 Å². The summed E-state index contributed by atoms with van der Waals surface area (Å²) in [6, 6.07) is 12.7. The molecular formula is C21H21N7. The number of hydrogen-bond acceptors (Lipinski definition) is 5. The molecular weight excluding hydrogens is 350 g/mol. The number of aromatic amines is 1. The summed E-state index contributed by atoms with van der Waals surface area (Å²) >= 11 is 0. The second-order valence-electron chi connectivity index (χ2n) is 7.98. The number of aryl methyl sites for hydroxylation is 1. The molecule has 1 atom stereocenters. The largest absolute Gasteiger partial charge is 0.295 e. The normalized spacial score (nSPS) is 21.7. The molecule has 7 heteroatoms. The van der Waals surface area contributed by atoms with E-state index in [1.807, 2.05) is 18.3 Å². The van der Waals surface area contributed by atoms with Crippen molar-refractivity contribution in [2.75, 3.05) is 13.1 Å². The zero-order valence-corrected chi connectivity index (χ0v) is 15.5. The molecule has 2 aliphatic rings. The van der Waals surface area contributed by atoms with Crippen LogP contribution in [-0.4, -0.2) is 47.9 Å². The average molecular weight is 371 g/mol. The molecule has 0 radical (unpaired) electrons. The third-order valence-electron chi connectivity index (χ3n) is 6.28. The number of pyridine rings is 1. The molecule has 1 unspecified atom stereocenters. The number of nitrogens with zero attached hydrogens (tertiary/aromatic N) is 6. The van der Waals surface area contributed by atoms with Crippen LogP contribution >= 0.6 is 0 Å². The summed E-state index contributed by atoms with van der Waals surface area (Å²) in [6.45, 7) is 3.96. The van der Waals surface area contributed by atoms with E-state index in [0.29, 0.717) is 0 Å². The summed E-state index contributed by atoms with van der Waals surface area (Å²) in [4.78, 5) is 11.4. The molecule has 1 fully saturated rings. The minimum absolute atomic E-state index is 0.204. The van der Waals surface area contributed by atoms with Crippen LogP contribution in [0.15, 0.2) is 48.9 Å². The summed E-state index contributed by atoms with van der Waals surface area (Å²) in [6.07, 6.45) is 5.86. The Morgan fingerprint density at radius 1 is 1.07 bits per heavy atom. The van der Waals surface area contributed by atoms with Crippen molar-refractivity contribution in [3.63, 3.8) is 0 Å². The molecule has 7 nitrogen and oxygen atoms in total. The van der Waals surface area contributed by atoms with Crippen molar-refractivity contribution in [2.45, 2.75) is 31.3 Å². The zero-order valence-electron chi connectivity index (χ0n) is 15.5. The third-order valence-corrected chi connectivity index (χ3v) is 6.28. The third kappa shape index (κ3) is 2.46. The highest BCUT2D eigenvalue weighted by Crippen LogP contribution is 2.44. The average Bonchev–Trinajstić information content (AvgIpc) is 3.50. The van der Waals surface area contributed by atoms with Crippen molar-refractivity contribution < 1.29 is 0 Å². The van der Waals surface area contributed by atoms with Gasteiger partial charge in [-0.3, -0.25) is 19.7 Å². The van der Waals surface area contributed by atoms with E-state index >= 15 is 0 Å². The minimum Gasteiger partial charge on any atom is -0.295 e. The van der Waals surface area contributed by atoms with E-state index in [4.69, 9.17) is 5.10 Å². The standard InChI is InChI=1S/C21H21N7/c1-2-4-17-15(3-1)9-16(11-22-17)18-10-19-21(6-8-28(19)26-18)5-7-27(13-21)12-20-23-14-24-25-20/h1-4,9-11,14H,5-8,12-13H2,(H,23,24,25). The fraction of sp³-hybridized carbons (Fsp3) is 0.333. The Hall–Kier alpha value is -3.06. The van der Waals surface area contributed by atoms with Gasteiger partial charge in [-0.15, -0.1) is 0 Å². The predicted octanol–water partition coefficient (Wildman–Crippen LogP) is 2.76. The number of benzene rings is 1. The van der Waals surface area contributed by atoms with Gasteiger partial charge in [-0.05, 0) is 37.6 Å². The molecule has 0 bridgehead atoms. The topological polar surface area (TPSA) is 75.5 Å². The Kier molecular flexibility index (Phi) is 3.40. The summed E-state index contributed by atoms with van der Waals surface area (Å²) < 4.78 is 2.21. The highest BCUT2D eigenvalue weighted by molar-refractivity contribution is 5.82. The van der Waals surface area contributed by atoms with Crippen molar-refractivity contribution in [3.8, 4) is 11.3 Å². The van der Waals surface area contributed by atoms with Crippen molar-refractivity contribution in [3.05, 3.63) is 60.4 Å². The van der Waals surface area contributed by atoms with E-state index in [9.17, 15) is 0 Å². The van der Waals surface area contributed by atoms with Crippen molar-refractivity contribution in [1.29, 1.82) is 0 Å². The summed E-state index contributed by atoms with van der Waals surface area (Å²) in [5.74, 6) is 0.937. The number of nitrogens with one attached hydrogen (secondary N) is 1. The molecule has 3 aromatic heterocycles. The van der Waals surface area contributed by atoms with Gasteiger partial charge in [0.05, 0.1) is 17.8 Å². The Labute approximate surface area is 162 Å². The fourth-order valence-electron chi connectivity index (χ4n) is 4.84. The van der Waals surface area contributed by atoms with Crippen LogP contribution in [0.4, 0.5) is 0 Å². The van der Waals surface area contributed by atoms with Gasteiger partial charge in [0.1, 0.15) is 12.2 Å². The Balaban J connectivity index is 1.30. The van der Waals surface area contributed by atoms with Gasteiger partial charge in [-0.2, -0.15) is 10.2 Å². The van der Waals surface area contributed by atoms with E-state index in [2.05, 4.69) is 54.0 Å². The maximum absolute atomic E-state index is 4.92. The predicted molar refractivity (Wildman–Crippen MR) is 106 cm³/mol. The number of likely N-dealkylation sites (tertiary alicyclic amines) is 1. The molecule has 0 amide bonds. The molecule has 6 rings (SSSR count). The van der Waals surface area contributed by atoms with Gasteiger partial charge in [-0.25, -0.2) is 4.98 Å². The van der Waals surface area contributed by atoms with Crippen molar-refractivity contribution in [1.82, 2.24) is 34.8 Å². The van der Waals surface area contributed by atoms with Gasteiger partial charge >= 0.3 is 0 Å². The van der Waals surface area contributed by atoms with Crippen LogP contribution in [0.3, 0.4) is 0 Å². The highest BCUT2D eigenvalue weighted by atomic mass is 15.3. The fourth-order valence-corrected chi connectivity index (χ4v) is 4.84. The summed E-state index contributed by atoms with van der Waals surface area (Å²) in [5, 5.41) is 13.0. The molecule has 2 aliphatic heterocycles. The van der Waals surface area contributed by atoms with Gasteiger partial charge in [0, 0.05) is 41.3 Å². The number of H-pyrrole nitrogens is 1. The summed E-state index contributed by atoms with van der Waals surface area (Å²) in [7, 11) is 0. The van der Waals surface area contributed by atoms with Gasteiger partial charge < -0.3 is 0 Å². The maximum Gasteiger partial charge on any atom is 0.138 e. The lowest BCUT2D eigenvalue weighted by molar-refractivity contribution is 0.295. The van der Waals surface area contributed by atoms with Crippen LogP contribution in [-0.2, 0) is 18.5 Å². The van der Waals surface area contributed by atoms with Gasteiger partial charge in [0.15, 0.2) is 0 Å². The first kappa shape index (κ1) is 15.9. The number of para-hydroxylation sites is 1. The molecule has 4 aromatic rings. The highest BCUT2D eigenvalue weighted by Gasteiger charge is 2.45. The van der Waals surface area contributed by atoms with Crippen molar-refractivity contribution >= 4 is 10.9 Å². The second-order valence-corrected chi connectivity index (χ2v) is 7.98. The van der Waals surface area contributed by atoms with Gasteiger partial charge in [0.25, 0.3) is 0 Å². The van der Waals surface area contributed by atoms with Crippen LogP contribution in [0, 0.1) is 0 Å². The lowest BCUT2D eigenvalue weighted by Gasteiger charge is -2.23. The Bertz CT molecular complexity index is 1150. The van der Waals surface area contributed by atoms with Crippen LogP contribution in [0.2, 0.25) is 0 Å². The first-order valence-corrected chi connectivity index (χ1v) is 9.79. The van der Waals surface area contributed by atoms with E-state index in [-0.39, 0.29) is 5.41 Å². The van der Waals surface area contributed by atoms with Crippen LogP contribution in [0.25, 0.3) is 22.2 Å². The quantitative estimate of drug-likeness (QED) is 0.599. The monoisotopic (exact) mass is 371 g/mol. The molecule has 140 valence electrons. The SMILES string of the molecule is c1ccc2ncc(-c3cc4n(n3)CCC43CCN(Cc4ncn[nH]4)C3)cc2c1. The lowest BCUT2D eigenvalue weighted by Crippen LogP contribution is -2.29. The van der Waals surface area contributed by atoms with Crippen LogP contribution < -0.4 is 0 Å². The molecule has 1 aromatic carbocycles. The number of hydrogen-bond donors (Lipinski definition) is 1. The number of rotatable bonds is 3. The van der Waals surface area contributed by atoms with Gasteiger partial charge in [-0.1, -0.05) is 18.2 Å².